The average molecular weight is 456 g/mol. The number of ether oxygens (including phenoxy) is 1. The second-order valence-electron chi connectivity index (χ2n) is 8.26. The van der Waals surface area contributed by atoms with E-state index in [1.807, 2.05) is 4.90 Å². The summed E-state index contributed by atoms with van der Waals surface area (Å²) in [5, 5.41) is 16.2. The molecule has 0 bridgehead atoms. The second-order valence-corrected chi connectivity index (χ2v) is 8.26. The van der Waals surface area contributed by atoms with E-state index in [1.54, 1.807) is 0 Å². The van der Waals surface area contributed by atoms with E-state index >= 15 is 0 Å². The van der Waals surface area contributed by atoms with Crippen molar-refractivity contribution in [3.05, 3.63) is 44.2 Å². The number of carbonyl (C=O) groups is 2. The number of rotatable bonds is 5. The highest BCUT2D eigenvalue weighted by molar-refractivity contribution is 6.05. The standard InChI is InChI=1S/C21H24N6O6/c1-11-5-7-26(8-6-11)21-24-18-17(20(30)25-21)13(10-16(28)23-18)19(29)22-14-4-3-12(27(31)32)9-15(14)33-2/h3-4,9,11,13H,5-8,10H2,1-2H3,(H,22,29)(H2,23,24,25,28,30). The number of anilines is 3. The summed E-state index contributed by atoms with van der Waals surface area (Å²) in [6.07, 6.45) is 1.70. The molecule has 1 fully saturated rings. The number of nitro groups is 1. The van der Waals surface area contributed by atoms with Crippen LogP contribution in [0, 0.1) is 16.0 Å². The first-order valence-corrected chi connectivity index (χ1v) is 10.6. The fraction of sp³-hybridized carbons (Fsp3) is 0.429. The molecule has 0 aliphatic carbocycles. The monoisotopic (exact) mass is 456 g/mol. The maximum Gasteiger partial charge on any atom is 0.273 e. The smallest absolute Gasteiger partial charge is 0.273 e. The van der Waals surface area contributed by atoms with Gasteiger partial charge in [0.25, 0.3) is 11.2 Å². The molecule has 4 rings (SSSR count). The zero-order valence-electron chi connectivity index (χ0n) is 18.2. The van der Waals surface area contributed by atoms with E-state index in [0.29, 0.717) is 11.9 Å². The summed E-state index contributed by atoms with van der Waals surface area (Å²) >= 11 is 0. The Labute approximate surface area is 188 Å². The molecule has 2 aliphatic heterocycles. The van der Waals surface area contributed by atoms with Crippen molar-refractivity contribution >= 4 is 35.0 Å². The van der Waals surface area contributed by atoms with Gasteiger partial charge in [0.2, 0.25) is 17.8 Å². The molecule has 174 valence electrons. The van der Waals surface area contributed by atoms with E-state index in [0.717, 1.165) is 25.9 Å². The minimum Gasteiger partial charge on any atom is -0.494 e. The van der Waals surface area contributed by atoms with Crippen molar-refractivity contribution in [2.75, 3.05) is 35.7 Å². The van der Waals surface area contributed by atoms with Crippen molar-refractivity contribution < 1.29 is 19.2 Å². The minimum absolute atomic E-state index is 0.0689. The van der Waals surface area contributed by atoms with Gasteiger partial charge in [-0.05, 0) is 24.8 Å². The lowest BCUT2D eigenvalue weighted by Gasteiger charge is -2.31. The van der Waals surface area contributed by atoms with Crippen LogP contribution in [0.3, 0.4) is 0 Å². The van der Waals surface area contributed by atoms with Crippen LogP contribution in [0.2, 0.25) is 0 Å². The Balaban J connectivity index is 1.63. The van der Waals surface area contributed by atoms with Crippen molar-refractivity contribution in [1.82, 2.24) is 9.97 Å². The number of nitrogens with one attached hydrogen (secondary N) is 3. The summed E-state index contributed by atoms with van der Waals surface area (Å²) < 4.78 is 5.14. The number of nitrogens with zero attached hydrogens (tertiary/aromatic N) is 3. The highest BCUT2D eigenvalue weighted by atomic mass is 16.6. The van der Waals surface area contributed by atoms with E-state index in [2.05, 4.69) is 27.5 Å². The number of aromatic amines is 1. The topological polar surface area (TPSA) is 160 Å². The van der Waals surface area contributed by atoms with Crippen LogP contribution in [0.1, 0.15) is 37.7 Å². The van der Waals surface area contributed by atoms with Crippen LogP contribution in [0.4, 0.5) is 23.1 Å². The highest BCUT2D eigenvalue weighted by Gasteiger charge is 2.35. The Bertz CT molecular complexity index is 1170. The number of aromatic nitrogens is 2. The predicted molar refractivity (Wildman–Crippen MR) is 120 cm³/mol. The lowest BCUT2D eigenvalue weighted by molar-refractivity contribution is -0.384. The summed E-state index contributed by atoms with van der Waals surface area (Å²) in [4.78, 5) is 57.9. The SMILES string of the molecule is COc1cc([N+](=O)[O-])ccc1NC(=O)C1CC(=O)Nc2nc(N3CCC(C)CC3)[nH]c(=O)c21. The minimum atomic E-state index is -1.08. The first-order chi connectivity index (χ1) is 15.8. The third kappa shape index (κ3) is 4.49. The molecular formula is C21H24N6O6. The van der Waals surface area contributed by atoms with Crippen LogP contribution >= 0.6 is 0 Å². The summed E-state index contributed by atoms with van der Waals surface area (Å²) in [5.41, 5.74) is -0.442. The Morgan fingerprint density at radius 2 is 2.03 bits per heavy atom. The lowest BCUT2D eigenvalue weighted by atomic mass is 9.92. The number of non-ortho nitro benzene ring substituents is 1. The molecule has 12 nitrogen and oxygen atoms in total. The molecule has 0 saturated carbocycles. The summed E-state index contributed by atoms with van der Waals surface area (Å²) in [6.45, 7) is 3.64. The number of fused-ring (bicyclic) bond motifs is 1. The number of benzene rings is 1. The Morgan fingerprint density at radius 1 is 1.30 bits per heavy atom. The molecule has 1 aromatic carbocycles. The Hall–Kier alpha value is -3.96. The van der Waals surface area contributed by atoms with Crippen molar-refractivity contribution in [1.29, 1.82) is 0 Å². The third-order valence-corrected chi connectivity index (χ3v) is 5.99. The van der Waals surface area contributed by atoms with Gasteiger partial charge >= 0.3 is 0 Å². The van der Waals surface area contributed by atoms with Gasteiger partial charge < -0.3 is 20.3 Å². The van der Waals surface area contributed by atoms with E-state index in [4.69, 9.17) is 4.74 Å². The molecule has 1 aromatic heterocycles. The van der Waals surface area contributed by atoms with Gasteiger partial charge in [0.15, 0.2) is 0 Å². The summed E-state index contributed by atoms with van der Waals surface area (Å²) in [7, 11) is 1.32. The number of carbonyl (C=O) groups excluding carboxylic acids is 2. The zero-order valence-corrected chi connectivity index (χ0v) is 18.2. The number of methoxy groups -OCH3 is 1. The van der Waals surface area contributed by atoms with Gasteiger partial charge in [-0.2, -0.15) is 4.98 Å². The number of H-pyrrole nitrogens is 1. The van der Waals surface area contributed by atoms with Crippen molar-refractivity contribution in [2.24, 2.45) is 5.92 Å². The van der Waals surface area contributed by atoms with Crippen LogP contribution in [0.5, 0.6) is 5.75 Å². The number of nitro benzene ring substituents is 1. The Kier molecular flexibility index (Phi) is 5.99. The number of piperidine rings is 1. The molecule has 1 saturated heterocycles. The second kappa shape index (κ2) is 8.88. The fourth-order valence-electron chi connectivity index (χ4n) is 4.07. The van der Waals surface area contributed by atoms with Crippen LogP contribution in [-0.2, 0) is 9.59 Å². The zero-order chi connectivity index (χ0) is 23.7. The Morgan fingerprint density at radius 3 is 2.70 bits per heavy atom. The van der Waals surface area contributed by atoms with Crippen LogP contribution in [-0.4, -0.2) is 46.9 Å². The van der Waals surface area contributed by atoms with Gasteiger partial charge in [0.05, 0.1) is 35.3 Å². The molecule has 3 heterocycles. The molecule has 0 radical (unpaired) electrons. The van der Waals surface area contributed by atoms with E-state index in [9.17, 15) is 24.5 Å². The van der Waals surface area contributed by atoms with E-state index < -0.39 is 28.2 Å². The highest BCUT2D eigenvalue weighted by Crippen LogP contribution is 2.33. The lowest BCUT2D eigenvalue weighted by Crippen LogP contribution is -2.39. The largest absolute Gasteiger partial charge is 0.494 e. The summed E-state index contributed by atoms with van der Waals surface area (Å²) in [5.74, 6) is -1.03. The third-order valence-electron chi connectivity index (χ3n) is 5.99. The van der Waals surface area contributed by atoms with E-state index in [1.165, 1.54) is 25.3 Å². The van der Waals surface area contributed by atoms with Crippen LogP contribution < -0.4 is 25.8 Å². The van der Waals surface area contributed by atoms with Gasteiger partial charge in [-0.25, -0.2) is 0 Å². The van der Waals surface area contributed by atoms with Crippen LogP contribution in [0.25, 0.3) is 0 Å². The molecule has 1 atom stereocenters. The molecule has 33 heavy (non-hydrogen) atoms. The maximum atomic E-state index is 13.1. The molecule has 2 amide bonds. The molecule has 3 N–H and O–H groups in total. The molecule has 0 spiro atoms. The van der Waals surface area contributed by atoms with Crippen molar-refractivity contribution in [3.63, 3.8) is 0 Å². The number of amides is 2. The molecule has 2 aromatic rings. The van der Waals surface area contributed by atoms with Gasteiger partial charge in [-0.1, -0.05) is 6.92 Å². The quantitative estimate of drug-likeness (QED) is 0.455. The normalized spacial score (nSPS) is 18.3. The van der Waals surface area contributed by atoms with Crippen molar-refractivity contribution in [2.45, 2.75) is 32.1 Å². The predicted octanol–water partition coefficient (Wildman–Crippen LogP) is 1.99. The maximum absolute atomic E-state index is 13.1. The molecular weight excluding hydrogens is 432 g/mol. The number of hydrogen-bond acceptors (Lipinski definition) is 8. The van der Waals surface area contributed by atoms with Gasteiger partial charge in [0, 0.05) is 25.6 Å². The molecule has 12 heteroatoms. The first-order valence-electron chi connectivity index (χ1n) is 10.6. The number of hydrogen-bond donors (Lipinski definition) is 3. The van der Waals surface area contributed by atoms with Gasteiger partial charge in [-0.3, -0.25) is 29.5 Å². The van der Waals surface area contributed by atoms with Gasteiger partial charge in [0.1, 0.15) is 11.6 Å². The summed E-state index contributed by atoms with van der Waals surface area (Å²) in [6, 6.07) is 3.73. The van der Waals surface area contributed by atoms with Crippen molar-refractivity contribution in [3.8, 4) is 5.75 Å². The average Bonchev–Trinajstić information content (AvgIpc) is 2.78. The first kappa shape index (κ1) is 22.2. The van der Waals surface area contributed by atoms with Crippen LogP contribution in [0.15, 0.2) is 23.0 Å². The van der Waals surface area contributed by atoms with E-state index in [-0.39, 0.29) is 34.9 Å². The molecule has 1 unspecified atom stereocenters. The van der Waals surface area contributed by atoms with Gasteiger partial charge in [-0.15, -0.1) is 0 Å². The molecule has 2 aliphatic rings. The fourth-order valence-corrected chi connectivity index (χ4v) is 4.07.